The van der Waals surface area contributed by atoms with Crippen molar-refractivity contribution in [2.75, 3.05) is 20.3 Å². The molecule has 2 aromatic carbocycles. The van der Waals surface area contributed by atoms with Crippen LogP contribution in [0.4, 0.5) is 5.69 Å². The number of rotatable bonds is 5. The number of nitrogens with zero attached hydrogens (tertiary/aromatic N) is 1. The van der Waals surface area contributed by atoms with Crippen molar-refractivity contribution < 1.29 is 18.7 Å². The number of carbonyl (C=O) groups is 1. The molecule has 0 aliphatic carbocycles. The molecule has 1 saturated heterocycles. The van der Waals surface area contributed by atoms with Gasteiger partial charge in [-0.15, -0.1) is 0 Å². The van der Waals surface area contributed by atoms with Gasteiger partial charge in [-0.05, 0) is 43.5 Å². The van der Waals surface area contributed by atoms with Crippen molar-refractivity contribution in [3.05, 3.63) is 65.2 Å². The third kappa shape index (κ3) is 4.17. The number of nitrogens with one attached hydrogen (secondary N) is 1. The summed E-state index contributed by atoms with van der Waals surface area (Å²) in [6, 6.07) is 15.1. The van der Waals surface area contributed by atoms with Crippen molar-refractivity contribution in [3.63, 3.8) is 0 Å². The molecule has 0 bridgehead atoms. The molecule has 1 fully saturated rings. The Hall–Kier alpha value is -3.12. The maximum Gasteiger partial charge on any atom is 0.256 e. The largest absolute Gasteiger partial charge is 0.493 e. The fourth-order valence-corrected chi connectivity index (χ4v) is 3.44. The van der Waals surface area contributed by atoms with Crippen molar-refractivity contribution in [2.45, 2.75) is 25.9 Å². The molecule has 1 N–H and O–H groups in total. The van der Waals surface area contributed by atoms with E-state index in [4.69, 9.17) is 13.9 Å². The number of amides is 1. The number of ether oxygens (including phenoxy) is 2. The molecule has 1 amide bonds. The SMILES string of the molecule is COc1cccc2cc(C(=O)NC[C@@H]3CCCO3)c(=Nc3ccccc3C)oc12. The molecular formula is C23H24N2O4. The van der Waals surface area contributed by atoms with E-state index in [1.54, 1.807) is 13.2 Å². The van der Waals surface area contributed by atoms with Gasteiger partial charge < -0.3 is 19.2 Å². The van der Waals surface area contributed by atoms with Gasteiger partial charge in [-0.25, -0.2) is 4.99 Å². The molecule has 1 aromatic heterocycles. The van der Waals surface area contributed by atoms with E-state index < -0.39 is 0 Å². The molecule has 3 aromatic rings. The topological polar surface area (TPSA) is 73.1 Å². The lowest BCUT2D eigenvalue weighted by atomic mass is 10.1. The first-order valence-electron chi connectivity index (χ1n) is 9.77. The van der Waals surface area contributed by atoms with Crippen molar-refractivity contribution >= 4 is 22.6 Å². The van der Waals surface area contributed by atoms with E-state index in [0.29, 0.717) is 23.4 Å². The molecule has 1 atom stereocenters. The van der Waals surface area contributed by atoms with Gasteiger partial charge in [-0.2, -0.15) is 0 Å². The summed E-state index contributed by atoms with van der Waals surface area (Å²) in [6.45, 7) is 3.19. The predicted molar refractivity (Wildman–Crippen MR) is 110 cm³/mol. The second-order valence-corrected chi connectivity index (χ2v) is 7.09. The van der Waals surface area contributed by atoms with E-state index in [9.17, 15) is 4.79 Å². The van der Waals surface area contributed by atoms with E-state index in [-0.39, 0.29) is 17.6 Å². The molecule has 6 heteroatoms. The highest BCUT2D eigenvalue weighted by molar-refractivity contribution is 5.97. The Morgan fingerprint density at radius 2 is 2.10 bits per heavy atom. The highest BCUT2D eigenvalue weighted by Gasteiger charge is 2.19. The summed E-state index contributed by atoms with van der Waals surface area (Å²) >= 11 is 0. The first kappa shape index (κ1) is 19.2. The van der Waals surface area contributed by atoms with Gasteiger partial charge in [0, 0.05) is 18.5 Å². The van der Waals surface area contributed by atoms with Crippen LogP contribution in [0.25, 0.3) is 11.0 Å². The van der Waals surface area contributed by atoms with Gasteiger partial charge in [0.25, 0.3) is 5.91 Å². The highest BCUT2D eigenvalue weighted by atomic mass is 16.5. The van der Waals surface area contributed by atoms with Crippen LogP contribution in [-0.4, -0.2) is 32.3 Å². The Labute approximate surface area is 169 Å². The molecule has 0 radical (unpaired) electrons. The molecule has 6 nitrogen and oxygen atoms in total. The Kier molecular flexibility index (Phi) is 5.62. The van der Waals surface area contributed by atoms with Gasteiger partial charge in [-0.3, -0.25) is 4.79 Å². The minimum atomic E-state index is -0.235. The maximum atomic E-state index is 13.0. The molecule has 1 aliphatic rings. The lowest BCUT2D eigenvalue weighted by Crippen LogP contribution is -2.34. The van der Waals surface area contributed by atoms with Crippen LogP contribution < -0.4 is 15.6 Å². The smallest absolute Gasteiger partial charge is 0.256 e. The average molecular weight is 392 g/mol. The Bertz CT molecular complexity index is 1100. The number of hydrogen-bond acceptors (Lipinski definition) is 5. The summed E-state index contributed by atoms with van der Waals surface area (Å²) in [7, 11) is 1.59. The maximum absolute atomic E-state index is 13.0. The van der Waals surface area contributed by atoms with Crippen LogP contribution in [0.15, 0.2) is 57.9 Å². The molecule has 2 heterocycles. The summed E-state index contributed by atoms with van der Waals surface area (Å²) in [6.07, 6.45) is 2.05. The van der Waals surface area contributed by atoms with Crippen LogP contribution in [0.2, 0.25) is 0 Å². The third-order valence-corrected chi connectivity index (χ3v) is 5.05. The number of hydrogen-bond donors (Lipinski definition) is 1. The van der Waals surface area contributed by atoms with Gasteiger partial charge >= 0.3 is 0 Å². The second-order valence-electron chi connectivity index (χ2n) is 7.09. The van der Waals surface area contributed by atoms with Crippen molar-refractivity contribution in [1.82, 2.24) is 5.32 Å². The van der Waals surface area contributed by atoms with Crippen LogP contribution >= 0.6 is 0 Å². The van der Waals surface area contributed by atoms with Crippen molar-refractivity contribution in [3.8, 4) is 5.75 Å². The number of methoxy groups -OCH3 is 1. The monoisotopic (exact) mass is 392 g/mol. The molecule has 150 valence electrons. The van der Waals surface area contributed by atoms with Crippen LogP contribution in [0, 0.1) is 6.92 Å². The Morgan fingerprint density at radius 1 is 1.24 bits per heavy atom. The molecule has 0 unspecified atom stereocenters. The fraction of sp³-hybridized carbons (Fsp3) is 0.304. The minimum Gasteiger partial charge on any atom is -0.493 e. The molecular weight excluding hydrogens is 368 g/mol. The first-order valence-corrected chi connectivity index (χ1v) is 9.77. The van der Waals surface area contributed by atoms with E-state index in [2.05, 4.69) is 10.3 Å². The fourth-order valence-electron chi connectivity index (χ4n) is 3.44. The Balaban J connectivity index is 1.80. The number of carbonyl (C=O) groups excluding carboxylic acids is 1. The van der Waals surface area contributed by atoms with E-state index in [1.807, 2.05) is 49.4 Å². The Morgan fingerprint density at radius 3 is 2.86 bits per heavy atom. The van der Waals surface area contributed by atoms with E-state index in [1.165, 1.54) is 0 Å². The van der Waals surface area contributed by atoms with Gasteiger partial charge in [-0.1, -0.05) is 30.3 Å². The lowest BCUT2D eigenvalue weighted by Gasteiger charge is -2.12. The summed E-state index contributed by atoms with van der Waals surface area (Å²) < 4.78 is 17.1. The normalized spacial score (nSPS) is 16.9. The summed E-state index contributed by atoms with van der Waals surface area (Å²) in [5.41, 5.74) is 2.93. The van der Waals surface area contributed by atoms with Gasteiger partial charge in [0.15, 0.2) is 11.3 Å². The number of benzene rings is 2. The summed E-state index contributed by atoms with van der Waals surface area (Å²) in [4.78, 5) is 17.6. The van der Waals surface area contributed by atoms with E-state index in [0.717, 1.165) is 36.1 Å². The lowest BCUT2D eigenvalue weighted by molar-refractivity contribution is 0.0854. The first-order chi connectivity index (χ1) is 14.2. The molecule has 29 heavy (non-hydrogen) atoms. The van der Waals surface area contributed by atoms with Gasteiger partial charge in [0.05, 0.1) is 18.9 Å². The molecule has 4 rings (SSSR count). The molecule has 0 spiro atoms. The number of para-hydroxylation sites is 2. The van der Waals surface area contributed by atoms with Crippen molar-refractivity contribution in [2.24, 2.45) is 4.99 Å². The second kappa shape index (κ2) is 8.49. The summed E-state index contributed by atoms with van der Waals surface area (Å²) in [5, 5.41) is 3.73. The number of fused-ring (bicyclic) bond motifs is 1. The van der Waals surface area contributed by atoms with E-state index >= 15 is 0 Å². The summed E-state index contributed by atoms with van der Waals surface area (Å²) in [5.74, 6) is 0.358. The van der Waals surface area contributed by atoms with Gasteiger partial charge in [0.2, 0.25) is 5.55 Å². The number of aryl methyl sites for hydroxylation is 1. The van der Waals surface area contributed by atoms with Crippen LogP contribution in [0.5, 0.6) is 5.75 Å². The quantitative estimate of drug-likeness (QED) is 0.715. The zero-order valence-corrected chi connectivity index (χ0v) is 16.6. The van der Waals surface area contributed by atoms with Gasteiger partial charge in [0.1, 0.15) is 5.56 Å². The predicted octanol–water partition coefficient (Wildman–Crippen LogP) is 3.89. The minimum absolute atomic E-state index is 0.0631. The highest BCUT2D eigenvalue weighted by Crippen LogP contribution is 2.25. The molecule has 1 aliphatic heterocycles. The zero-order valence-electron chi connectivity index (χ0n) is 16.6. The average Bonchev–Trinajstić information content (AvgIpc) is 3.26. The zero-order chi connectivity index (χ0) is 20.2. The standard InChI is InChI=1S/C23H24N2O4/c1-15-7-3-4-10-19(15)25-23-18(22(26)24-14-17-9-6-12-28-17)13-16-8-5-11-20(27-2)21(16)29-23/h3-5,7-8,10-11,13,17H,6,9,12,14H2,1-2H3,(H,24,26)/t17-/m0/s1. The van der Waals surface area contributed by atoms with Crippen LogP contribution in [-0.2, 0) is 4.74 Å². The third-order valence-electron chi connectivity index (χ3n) is 5.05. The molecule has 0 saturated carbocycles. The van der Waals surface area contributed by atoms with Crippen LogP contribution in [0.3, 0.4) is 0 Å². The van der Waals surface area contributed by atoms with Crippen LogP contribution in [0.1, 0.15) is 28.8 Å². The van der Waals surface area contributed by atoms with Crippen molar-refractivity contribution in [1.29, 1.82) is 0 Å².